The van der Waals surface area contributed by atoms with Gasteiger partial charge in [-0.1, -0.05) is 30.3 Å². The Morgan fingerprint density at radius 3 is 2.58 bits per heavy atom. The lowest BCUT2D eigenvalue weighted by Crippen LogP contribution is -2.44. The van der Waals surface area contributed by atoms with E-state index in [1.54, 1.807) is 29.3 Å². The molecule has 4 nitrogen and oxygen atoms in total. The first-order valence-electron chi connectivity index (χ1n) is 8.14. The molecule has 2 aromatic carbocycles. The van der Waals surface area contributed by atoms with Gasteiger partial charge < -0.3 is 5.11 Å². The van der Waals surface area contributed by atoms with Crippen LogP contribution in [0, 0.1) is 5.82 Å². The van der Waals surface area contributed by atoms with E-state index in [0.29, 0.717) is 19.4 Å². The van der Waals surface area contributed by atoms with Crippen molar-refractivity contribution in [3.63, 3.8) is 0 Å². The number of hydrogen-bond acceptors (Lipinski definition) is 3. The molecule has 1 amide bonds. The minimum atomic E-state index is -0.613. The summed E-state index contributed by atoms with van der Waals surface area (Å²) in [6.07, 6.45) is 1.11. The van der Waals surface area contributed by atoms with Gasteiger partial charge in [0.1, 0.15) is 11.6 Å². The average Bonchev–Trinajstić information content (AvgIpc) is 3.09. The van der Waals surface area contributed by atoms with Gasteiger partial charge in [-0.3, -0.25) is 9.80 Å². The summed E-state index contributed by atoms with van der Waals surface area (Å²) in [6.45, 7) is 2.63. The number of amides is 1. The first-order valence-corrected chi connectivity index (χ1v) is 8.14. The molecule has 0 saturated carbocycles. The van der Waals surface area contributed by atoms with E-state index in [-0.39, 0.29) is 23.5 Å². The highest BCUT2D eigenvalue weighted by Crippen LogP contribution is 2.52. The first-order chi connectivity index (χ1) is 11.5. The van der Waals surface area contributed by atoms with Crippen molar-refractivity contribution >= 4 is 5.91 Å². The van der Waals surface area contributed by atoms with E-state index in [1.807, 2.05) is 19.1 Å². The quantitative estimate of drug-likeness (QED) is 0.920. The van der Waals surface area contributed by atoms with Gasteiger partial charge >= 0.3 is 0 Å². The van der Waals surface area contributed by atoms with Gasteiger partial charge in [-0.15, -0.1) is 0 Å². The number of phenols is 1. The highest BCUT2D eigenvalue weighted by molar-refractivity contribution is 5.79. The number of hydrogen-bond donors (Lipinski definition) is 1. The molecule has 2 aliphatic heterocycles. The lowest BCUT2D eigenvalue weighted by atomic mass is 9.84. The number of para-hydroxylation sites is 1. The summed E-state index contributed by atoms with van der Waals surface area (Å²) in [4.78, 5) is 12.5. The van der Waals surface area contributed by atoms with Crippen molar-refractivity contribution in [3.8, 4) is 5.75 Å². The highest BCUT2D eigenvalue weighted by atomic mass is 19.1. The second-order valence-corrected chi connectivity index (χ2v) is 6.68. The molecule has 5 heteroatoms. The van der Waals surface area contributed by atoms with Crippen LogP contribution in [-0.2, 0) is 10.3 Å². The Bertz CT molecular complexity index is 792. The SMILES string of the molecule is C[C@@]1(c2ccccc2O)C[C@H](c2ccc(F)cc2)N2CCC(=O)N21. The van der Waals surface area contributed by atoms with E-state index in [0.717, 1.165) is 11.1 Å². The third-order valence-corrected chi connectivity index (χ3v) is 5.21. The number of rotatable bonds is 2. The number of carbonyl (C=O) groups excluding carboxylic acids is 1. The smallest absolute Gasteiger partial charge is 0.239 e. The van der Waals surface area contributed by atoms with E-state index >= 15 is 0 Å². The maximum absolute atomic E-state index is 13.3. The Morgan fingerprint density at radius 1 is 1.17 bits per heavy atom. The van der Waals surface area contributed by atoms with Crippen molar-refractivity contribution in [3.05, 3.63) is 65.5 Å². The second-order valence-electron chi connectivity index (χ2n) is 6.68. The molecule has 2 atom stereocenters. The van der Waals surface area contributed by atoms with Gasteiger partial charge in [0.05, 0.1) is 11.6 Å². The van der Waals surface area contributed by atoms with Crippen LogP contribution in [0.15, 0.2) is 48.5 Å². The average molecular weight is 326 g/mol. The van der Waals surface area contributed by atoms with Gasteiger partial charge in [0.25, 0.3) is 0 Å². The molecule has 2 saturated heterocycles. The number of fused-ring (bicyclic) bond motifs is 1. The van der Waals surface area contributed by atoms with Crippen LogP contribution in [0.3, 0.4) is 0 Å². The Kier molecular flexibility index (Phi) is 3.35. The first kappa shape index (κ1) is 15.1. The molecule has 1 N–H and O–H groups in total. The normalized spacial score (nSPS) is 26.8. The van der Waals surface area contributed by atoms with E-state index < -0.39 is 5.54 Å². The Hall–Kier alpha value is -2.40. The van der Waals surface area contributed by atoms with Crippen LogP contribution in [0.25, 0.3) is 0 Å². The Balaban J connectivity index is 1.80. The maximum atomic E-state index is 13.3. The van der Waals surface area contributed by atoms with Crippen molar-refractivity contribution in [1.29, 1.82) is 0 Å². The Labute approximate surface area is 140 Å². The summed E-state index contributed by atoms with van der Waals surface area (Å²) in [5.74, 6) is -0.0145. The van der Waals surface area contributed by atoms with E-state index in [1.165, 1.54) is 12.1 Å². The third-order valence-electron chi connectivity index (χ3n) is 5.21. The number of nitrogens with zero attached hydrogens (tertiary/aromatic N) is 2. The van der Waals surface area contributed by atoms with Crippen molar-refractivity contribution in [2.45, 2.75) is 31.3 Å². The Morgan fingerprint density at radius 2 is 1.88 bits per heavy atom. The molecule has 2 fully saturated rings. The maximum Gasteiger partial charge on any atom is 0.239 e. The standard InChI is InChI=1S/C19H19FN2O2/c1-19(15-4-2-3-5-17(15)23)12-16(13-6-8-14(20)9-7-13)21-11-10-18(24)22(19)21/h2-9,16,23H,10-12H2,1H3/t16-,19+/m1/s1. The van der Waals surface area contributed by atoms with Gasteiger partial charge in [-0.2, -0.15) is 0 Å². The van der Waals surface area contributed by atoms with Gasteiger partial charge in [0.15, 0.2) is 0 Å². The van der Waals surface area contributed by atoms with Crippen molar-refractivity contribution in [1.82, 2.24) is 10.0 Å². The zero-order valence-corrected chi connectivity index (χ0v) is 13.4. The molecule has 0 radical (unpaired) electrons. The monoisotopic (exact) mass is 326 g/mol. The lowest BCUT2D eigenvalue weighted by molar-refractivity contribution is -0.144. The number of aromatic hydroxyl groups is 1. The minimum Gasteiger partial charge on any atom is -0.508 e. The molecule has 0 unspecified atom stereocenters. The predicted molar refractivity (Wildman–Crippen MR) is 87.4 cm³/mol. The van der Waals surface area contributed by atoms with Crippen LogP contribution in [0.4, 0.5) is 4.39 Å². The number of hydrazine groups is 1. The zero-order chi connectivity index (χ0) is 16.9. The van der Waals surface area contributed by atoms with Gasteiger partial charge in [-0.05, 0) is 37.1 Å². The number of benzene rings is 2. The van der Waals surface area contributed by atoms with Gasteiger partial charge in [-0.25, -0.2) is 9.40 Å². The van der Waals surface area contributed by atoms with Crippen LogP contribution in [0.1, 0.15) is 36.9 Å². The fraction of sp³-hybridized carbons (Fsp3) is 0.316. The number of halogens is 1. The molecule has 2 aliphatic rings. The molecule has 0 bridgehead atoms. The summed E-state index contributed by atoms with van der Waals surface area (Å²) in [5, 5.41) is 14.2. The summed E-state index contributed by atoms with van der Waals surface area (Å²) < 4.78 is 13.3. The van der Waals surface area contributed by atoms with Crippen molar-refractivity contribution in [2.24, 2.45) is 0 Å². The van der Waals surface area contributed by atoms with Crippen LogP contribution in [0.5, 0.6) is 5.75 Å². The van der Waals surface area contributed by atoms with E-state index in [4.69, 9.17) is 0 Å². The summed E-state index contributed by atoms with van der Waals surface area (Å²) >= 11 is 0. The fourth-order valence-electron chi connectivity index (χ4n) is 4.11. The molecule has 0 spiro atoms. The van der Waals surface area contributed by atoms with Gasteiger partial charge in [0.2, 0.25) is 5.91 Å². The molecule has 24 heavy (non-hydrogen) atoms. The summed E-state index contributed by atoms with van der Waals surface area (Å²) in [6, 6.07) is 13.6. The van der Waals surface area contributed by atoms with E-state index in [2.05, 4.69) is 5.01 Å². The second kappa shape index (κ2) is 5.31. The molecule has 0 aliphatic carbocycles. The van der Waals surface area contributed by atoms with Crippen LogP contribution in [0.2, 0.25) is 0 Å². The third kappa shape index (κ3) is 2.12. The molecule has 124 valence electrons. The lowest BCUT2D eigenvalue weighted by Gasteiger charge is -2.35. The topological polar surface area (TPSA) is 43.8 Å². The molecule has 4 rings (SSSR count). The minimum absolute atomic E-state index is 0.0124. The summed E-state index contributed by atoms with van der Waals surface area (Å²) in [5.41, 5.74) is 1.11. The zero-order valence-electron chi connectivity index (χ0n) is 13.4. The van der Waals surface area contributed by atoms with Crippen molar-refractivity contribution in [2.75, 3.05) is 6.54 Å². The number of phenolic OH excluding ortho intramolecular Hbond substituents is 1. The molecule has 0 aromatic heterocycles. The molecular formula is C19H19FN2O2. The van der Waals surface area contributed by atoms with Crippen molar-refractivity contribution < 1.29 is 14.3 Å². The van der Waals surface area contributed by atoms with Crippen LogP contribution < -0.4 is 0 Å². The molecular weight excluding hydrogens is 307 g/mol. The van der Waals surface area contributed by atoms with Crippen LogP contribution in [-0.4, -0.2) is 27.6 Å². The highest BCUT2D eigenvalue weighted by Gasteiger charge is 2.54. The fourth-order valence-corrected chi connectivity index (χ4v) is 4.11. The van der Waals surface area contributed by atoms with Gasteiger partial charge in [0, 0.05) is 18.5 Å². The molecule has 2 heterocycles. The largest absolute Gasteiger partial charge is 0.508 e. The van der Waals surface area contributed by atoms with E-state index in [9.17, 15) is 14.3 Å². The predicted octanol–water partition coefficient (Wildman–Crippen LogP) is 3.34. The summed E-state index contributed by atoms with van der Waals surface area (Å²) in [7, 11) is 0. The molecule has 2 aromatic rings. The van der Waals surface area contributed by atoms with Crippen LogP contribution >= 0.6 is 0 Å². The number of carbonyl (C=O) groups is 1.